The van der Waals surface area contributed by atoms with Crippen molar-refractivity contribution in [2.75, 3.05) is 0 Å². The first-order valence-electron chi connectivity index (χ1n) is 35.1. The molecule has 0 unspecified atom stereocenters. The monoisotopic (exact) mass is 1420 g/mol. The Hall–Kier alpha value is -12.3. The third kappa shape index (κ3) is 12.8. The molecule has 12 aromatic carbocycles. The molecule has 5 heterocycles. The summed E-state index contributed by atoms with van der Waals surface area (Å²) < 4.78 is 26.9. The van der Waals surface area contributed by atoms with Crippen molar-refractivity contribution >= 4 is 44.1 Å². The fourth-order valence-electron chi connectivity index (χ4n) is 14.2. The molecular formula is C92H72CuN8O4. The Morgan fingerprint density at radius 1 is 0.210 bits per heavy atom. The first-order valence-corrected chi connectivity index (χ1v) is 35.1. The van der Waals surface area contributed by atoms with E-state index in [9.17, 15) is 0 Å². The van der Waals surface area contributed by atoms with Crippen LogP contribution in [0.5, 0.6) is 46.0 Å². The zero-order chi connectivity index (χ0) is 70.9. The number of rotatable bonds is 16. The average molecular weight is 1420 g/mol. The molecule has 0 aliphatic carbocycles. The number of benzene rings is 12. The quantitative estimate of drug-likeness (QED) is 0.0850. The molecular weight excluding hydrogens is 1340 g/mol. The standard InChI is InChI=1S/C92H72N8O4.Cu/c1-89(2,57-21-13-9-14-22-57)61-29-37-65(38-30-61)101-69-45-49-73-77(53-69)85-94-81(73)93-82-74-50-46-71(103-67-41-33-63(34-42-67)91(5,6)59-25-17-11-18-26-59)55-79(74)87(95-82)100-88-80-56-72(104-68-43-35-64(36-44-68)92(7,8)60-27-19-12-20-28-60)48-52-76(80)84(99-88)98-86-78-54-70(47-51-75(78)83(96-85)97-86)102-66-39-31-62(32-40-66)90(3,4)58-23-15-10-16-24-58;/h9-56H,1-8H3;/q-2;+2. The van der Waals surface area contributed by atoms with Crippen LogP contribution in [0.25, 0.3) is 89.7 Å². The number of ether oxygens (including phenoxy) is 4. The normalized spacial score (nSPS) is 12.1. The molecule has 0 amide bonds. The molecule has 8 bridgehead atoms. The predicted molar refractivity (Wildman–Crippen MR) is 414 cm³/mol. The zero-order valence-corrected chi connectivity index (χ0v) is 60.2. The van der Waals surface area contributed by atoms with Crippen LogP contribution in [0.3, 0.4) is 0 Å². The molecule has 2 aliphatic heterocycles. The number of nitrogens with zero attached hydrogens (tertiary/aromatic N) is 8. The maximum Gasteiger partial charge on any atom is 2.00 e. The van der Waals surface area contributed by atoms with Gasteiger partial charge >= 0.3 is 17.1 Å². The minimum Gasteiger partial charge on any atom is -0.457 e. The summed E-state index contributed by atoms with van der Waals surface area (Å²) in [5.74, 6) is 6.51. The van der Waals surface area contributed by atoms with Gasteiger partial charge < -0.3 is 48.9 Å². The number of hydrogen-bond acceptors (Lipinski definition) is 10. The molecule has 0 saturated carbocycles. The van der Waals surface area contributed by atoms with Crippen LogP contribution in [-0.2, 0) is 38.7 Å². The van der Waals surface area contributed by atoms with Gasteiger partial charge in [0.2, 0.25) is 0 Å². The second kappa shape index (κ2) is 26.8. The average Bonchev–Trinajstić information content (AvgIpc) is 1.60. The Morgan fingerprint density at radius 2 is 0.429 bits per heavy atom. The van der Waals surface area contributed by atoms with Crippen LogP contribution in [0.2, 0.25) is 0 Å². The summed E-state index contributed by atoms with van der Waals surface area (Å²) in [6.07, 6.45) is 0. The van der Waals surface area contributed by atoms with Crippen molar-refractivity contribution < 1.29 is 36.0 Å². The van der Waals surface area contributed by atoms with Crippen LogP contribution in [0.1, 0.15) is 99.9 Å². The molecule has 1 radical (unpaired) electrons. The molecule has 515 valence electrons. The molecule has 0 N–H and O–H groups in total. The van der Waals surface area contributed by atoms with Crippen LogP contribution in [0.15, 0.2) is 291 Å². The van der Waals surface area contributed by atoms with Crippen molar-refractivity contribution in [2.45, 2.75) is 77.0 Å². The van der Waals surface area contributed by atoms with Crippen molar-refractivity contribution in [1.82, 2.24) is 39.9 Å². The van der Waals surface area contributed by atoms with E-state index in [1.807, 2.05) is 146 Å². The largest absolute Gasteiger partial charge is 2.00 e. The first kappa shape index (κ1) is 67.2. The van der Waals surface area contributed by atoms with E-state index >= 15 is 0 Å². The molecule has 2 aliphatic rings. The second-order valence-electron chi connectivity index (χ2n) is 28.8. The van der Waals surface area contributed by atoms with Crippen molar-refractivity contribution in [2.24, 2.45) is 0 Å². The van der Waals surface area contributed by atoms with Gasteiger partial charge in [0.05, 0.1) is 23.3 Å². The van der Waals surface area contributed by atoms with E-state index < -0.39 is 0 Å². The smallest absolute Gasteiger partial charge is 0.457 e. The maximum atomic E-state index is 6.72. The third-order valence-electron chi connectivity index (χ3n) is 20.8. The zero-order valence-electron chi connectivity index (χ0n) is 59.2. The van der Waals surface area contributed by atoms with Crippen LogP contribution in [0, 0.1) is 0 Å². The topological polar surface area (TPSA) is 142 Å². The van der Waals surface area contributed by atoms with Crippen molar-refractivity contribution in [3.05, 3.63) is 336 Å². The van der Waals surface area contributed by atoms with Crippen LogP contribution < -0.4 is 28.9 Å². The van der Waals surface area contributed by atoms with Gasteiger partial charge in [-0.25, -0.2) is 9.97 Å². The van der Waals surface area contributed by atoms with Gasteiger partial charge in [-0.2, -0.15) is 0 Å². The van der Waals surface area contributed by atoms with Crippen molar-refractivity contribution in [3.8, 4) is 91.5 Å². The fourth-order valence-corrected chi connectivity index (χ4v) is 14.2. The summed E-state index contributed by atoms with van der Waals surface area (Å²) in [4.78, 5) is 42.7. The summed E-state index contributed by atoms with van der Waals surface area (Å²) >= 11 is 0. The minimum absolute atomic E-state index is 0. The Bertz CT molecular complexity index is 5950. The van der Waals surface area contributed by atoms with Crippen LogP contribution >= 0.6 is 0 Å². The SMILES string of the molecule is CC(C)(c1ccccc1)c1ccc(Oc2ccc3c(c2)-c2nc-3nc3[n-]c(nc4nc(nc5[n-]c(n2)c2ccc(Oc6ccc(C(C)(C)c7ccccc7)cc6)cc52)-c2cc(Oc5ccc(C(C)(C)c6ccccc6)cc5)ccc2-4)c2ccc(Oc4ccc(C(C)(C)c5ccccc5)cc4)cc32)cc1.[Cu+2]. The van der Waals surface area contributed by atoms with E-state index in [2.05, 4.69) is 201 Å². The molecule has 17 rings (SSSR count). The minimum atomic E-state index is -0.234. The number of aromatic nitrogens is 8. The molecule has 0 spiro atoms. The van der Waals surface area contributed by atoms with Crippen LogP contribution in [0.4, 0.5) is 0 Å². The van der Waals surface area contributed by atoms with E-state index in [1.54, 1.807) is 0 Å². The van der Waals surface area contributed by atoms with Gasteiger partial charge in [-0.1, -0.05) is 225 Å². The molecule has 0 fully saturated rings. The summed E-state index contributed by atoms with van der Waals surface area (Å²) in [6, 6.07) is 98.7. The molecule has 105 heavy (non-hydrogen) atoms. The number of fused-ring (bicyclic) bond motifs is 20. The molecule has 13 heteroatoms. The van der Waals surface area contributed by atoms with Gasteiger partial charge in [0.25, 0.3) is 0 Å². The Balaban J connectivity index is 0.00000847. The van der Waals surface area contributed by atoms with Gasteiger partial charge in [-0.3, -0.25) is 0 Å². The van der Waals surface area contributed by atoms with E-state index in [0.717, 1.165) is 33.2 Å². The third-order valence-corrected chi connectivity index (χ3v) is 20.8. The summed E-state index contributed by atoms with van der Waals surface area (Å²) in [5.41, 5.74) is 12.9. The van der Waals surface area contributed by atoms with E-state index in [1.165, 1.54) is 22.3 Å². The molecule has 15 aromatic rings. The summed E-state index contributed by atoms with van der Waals surface area (Å²) in [6.45, 7) is 17.9. The van der Waals surface area contributed by atoms with Gasteiger partial charge in [0.15, 0.2) is 0 Å². The van der Waals surface area contributed by atoms with Gasteiger partial charge in [-0.15, -0.1) is 0 Å². The predicted octanol–water partition coefficient (Wildman–Crippen LogP) is 22.6. The Kier molecular flexibility index (Phi) is 17.2. The molecule has 0 saturated heterocycles. The number of hydrogen-bond donors (Lipinski definition) is 0. The Morgan fingerprint density at radius 3 is 0.705 bits per heavy atom. The van der Waals surface area contributed by atoms with E-state index in [-0.39, 0.29) is 38.7 Å². The second-order valence-corrected chi connectivity index (χ2v) is 28.8. The van der Waals surface area contributed by atoms with Crippen LogP contribution in [-0.4, -0.2) is 29.9 Å². The van der Waals surface area contributed by atoms with Gasteiger partial charge in [-0.05, 0) is 187 Å². The molecule has 3 aromatic heterocycles. The summed E-state index contributed by atoms with van der Waals surface area (Å²) in [7, 11) is 0. The van der Waals surface area contributed by atoms with Gasteiger partial charge in [0, 0.05) is 66.5 Å². The van der Waals surface area contributed by atoms with E-state index in [0.29, 0.717) is 125 Å². The van der Waals surface area contributed by atoms with E-state index in [4.69, 9.17) is 58.8 Å². The first-order chi connectivity index (χ1) is 50.4. The summed E-state index contributed by atoms with van der Waals surface area (Å²) in [5, 5.41) is 2.79. The van der Waals surface area contributed by atoms with Crippen molar-refractivity contribution in [1.29, 1.82) is 0 Å². The maximum absolute atomic E-state index is 6.72. The molecule has 12 nitrogen and oxygen atoms in total. The Labute approximate surface area is 620 Å². The fraction of sp³-hybridized carbons (Fsp3) is 0.130. The molecule has 0 atom stereocenters. The van der Waals surface area contributed by atoms with Gasteiger partial charge in [0.1, 0.15) is 46.0 Å². The van der Waals surface area contributed by atoms with Crippen molar-refractivity contribution in [3.63, 3.8) is 0 Å².